The fraction of sp³-hybridized carbons (Fsp3) is 0.400. The van der Waals surface area contributed by atoms with E-state index < -0.39 is 45.7 Å². The molecule has 0 spiro atoms. The molecule has 2 aliphatic rings. The second kappa shape index (κ2) is 11.2. The molecule has 0 saturated carbocycles. The maximum Gasteiger partial charge on any atom is 0.266 e. The van der Waals surface area contributed by atoms with Crippen molar-refractivity contribution >= 4 is 29.2 Å². The van der Waals surface area contributed by atoms with Crippen molar-refractivity contribution in [2.45, 2.75) is 31.6 Å². The molecule has 0 radical (unpaired) electrons. The lowest BCUT2D eigenvalue weighted by Crippen LogP contribution is -2.46. The number of pyridine rings is 2. The van der Waals surface area contributed by atoms with Crippen LogP contribution >= 0.6 is 12.4 Å². The lowest BCUT2D eigenvalue weighted by molar-refractivity contribution is -0.465. The van der Waals surface area contributed by atoms with Crippen LogP contribution in [-0.4, -0.2) is 63.0 Å². The summed E-state index contributed by atoms with van der Waals surface area (Å²) in [5.41, 5.74) is -1.81. The summed E-state index contributed by atoms with van der Waals surface area (Å²) in [6.07, 6.45) is 4.62. The minimum Gasteiger partial charge on any atom is -0.297 e. The molecule has 0 amide bonds. The van der Waals surface area contributed by atoms with Gasteiger partial charge in [-0.3, -0.25) is 24.3 Å². The number of aromatic nitrogens is 2. The van der Waals surface area contributed by atoms with E-state index in [9.17, 15) is 28.5 Å². The van der Waals surface area contributed by atoms with Gasteiger partial charge in [-0.2, -0.15) is 0 Å². The van der Waals surface area contributed by atoms with Crippen molar-refractivity contribution < 1.29 is 22.9 Å². The average molecular weight is 552 g/mol. The van der Waals surface area contributed by atoms with E-state index in [-0.39, 0.29) is 40.7 Å². The quantitative estimate of drug-likeness (QED) is 0.260. The maximum absolute atomic E-state index is 15.4. The first kappa shape index (κ1) is 27.7. The third-order valence-electron chi connectivity index (χ3n) is 6.97. The van der Waals surface area contributed by atoms with Crippen molar-refractivity contribution in [2.24, 2.45) is 0 Å². The van der Waals surface area contributed by atoms with Gasteiger partial charge in [-0.15, -0.1) is 12.4 Å². The van der Waals surface area contributed by atoms with Crippen LogP contribution in [0, 0.1) is 27.6 Å². The normalized spacial score (nSPS) is 18.4. The largest absolute Gasteiger partial charge is 0.297 e. The number of carbonyl (C=O) groups is 1. The zero-order valence-electron chi connectivity index (χ0n) is 20.2. The van der Waals surface area contributed by atoms with Crippen molar-refractivity contribution in [1.29, 1.82) is 0 Å². The van der Waals surface area contributed by atoms with E-state index in [1.165, 1.54) is 0 Å². The molecule has 0 N–H and O–H groups in total. The Morgan fingerprint density at radius 1 is 1.05 bits per heavy atom. The maximum atomic E-state index is 15.4. The number of hydrogen-bond donors (Lipinski definition) is 0. The molecule has 2 aliphatic heterocycles. The van der Waals surface area contributed by atoms with Gasteiger partial charge in [-0.1, -0.05) is 0 Å². The van der Waals surface area contributed by atoms with E-state index >= 15 is 4.39 Å². The third kappa shape index (κ3) is 5.29. The number of carbonyl (C=O) groups excluding carboxylic acids is 1. The zero-order chi connectivity index (χ0) is 26.3. The van der Waals surface area contributed by atoms with E-state index in [0.717, 1.165) is 67.9 Å². The van der Waals surface area contributed by atoms with Gasteiger partial charge in [0.25, 0.3) is 6.54 Å². The number of halogens is 4. The Bertz CT molecular complexity index is 1460. The van der Waals surface area contributed by atoms with Crippen LogP contribution < -0.4 is 5.43 Å². The number of Topliss-reactive ketones (excluding diaryl/α,β-unsaturated/α-hetero) is 1. The van der Waals surface area contributed by atoms with Crippen molar-refractivity contribution in [3.05, 3.63) is 79.5 Å². The van der Waals surface area contributed by atoms with E-state index in [2.05, 4.69) is 15.0 Å². The van der Waals surface area contributed by atoms with Gasteiger partial charge in [0.1, 0.15) is 23.1 Å². The topological polar surface area (TPSA) is 102 Å². The molecule has 0 aliphatic carbocycles. The number of nitrogens with zero attached hydrogens (tertiary/aromatic N) is 5. The number of ketones is 1. The summed E-state index contributed by atoms with van der Waals surface area (Å²) in [5, 5.41) is 15.0. The van der Waals surface area contributed by atoms with Crippen molar-refractivity contribution in [3.63, 3.8) is 0 Å². The van der Waals surface area contributed by atoms with Gasteiger partial charge < -0.3 is 0 Å². The van der Waals surface area contributed by atoms with E-state index in [4.69, 9.17) is 0 Å². The molecular formula is C25H25ClF3N5O4. The summed E-state index contributed by atoms with van der Waals surface area (Å²) in [5.74, 6) is -4.02. The second-order valence-corrected chi connectivity index (χ2v) is 9.39. The highest BCUT2D eigenvalue weighted by Gasteiger charge is 2.31. The SMILES string of the molecule is Cl.O=C(C[N+](=O)[O-])c1cn(-c2ccc(F)cc2F)c2nc(C3CCCN(N4CCCC4)C3)c(F)cc2c1=O. The molecule has 38 heavy (non-hydrogen) atoms. The lowest BCUT2D eigenvalue weighted by atomic mass is 9.94. The van der Waals surface area contributed by atoms with Crippen LogP contribution in [0.3, 0.4) is 0 Å². The van der Waals surface area contributed by atoms with Crippen LogP contribution in [0.4, 0.5) is 13.2 Å². The monoisotopic (exact) mass is 551 g/mol. The van der Waals surface area contributed by atoms with E-state index in [0.29, 0.717) is 19.0 Å². The van der Waals surface area contributed by atoms with Crippen LogP contribution in [0.25, 0.3) is 16.7 Å². The fourth-order valence-electron chi connectivity index (χ4n) is 5.21. The fourth-order valence-corrected chi connectivity index (χ4v) is 5.21. The first-order valence-corrected chi connectivity index (χ1v) is 12.1. The Hall–Kier alpha value is -3.35. The Balaban J connectivity index is 0.00000336. The molecule has 1 unspecified atom stereocenters. The molecule has 1 atom stereocenters. The van der Waals surface area contributed by atoms with Gasteiger partial charge in [0, 0.05) is 49.3 Å². The summed E-state index contributed by atoms with van der Waals surface area (Å²) in [4.78, 5) is 40.0. The highest BCUT2D eigenvalue weighted by Crippen LogP contribution is 2.31. The highest BCUT2D eigenvalue weighted by molar-refractivity contribution is 5.99. The molecule has 9 nitrogen and oxygen atoms in total. The molecule has 2 saturated heterocycles. The van der Waals surface area contributed by atoms with Crippen LogP contribution in [0.5, 0.6) is 0 Å². The number of fused-ring (bicyclic) bond motifs is 1. The number of hydrogen-bond acceptors (Lipinski definition) is 7. The zero-order valence-corrected chi connectivity index (χ0v) is 21.1. The molecule has 0 bridgehead atoms. The Kier molecular flexibility index (Phi) is 8.14. The van der Waals surface area contributed by atoms with Crippen LogP contribution in [0.15, 0.2) is 35.3 Å². The predicted octanol–water partition coefficient (Wildman–Crippen LogP) is 3.87. The van der Waals surface area contributed by atoms with Gasteiger partial charge in [-0.25, -0.2) is 28.2 Å². The van der Waals surface area contributed by atoms with E-state index in [1.807, 2.05) is 0 Å². The lowest BCUT2D eigenvalue weighted by Gasteiger charge is -2.38. The molecular weight excluding hydrogens is 527 g/mol. The number of hydrazine groups is 1. The Labute approximate surface area is 221 Å². The summed E-state index contributed by atoms with van der Waals surface area (Å²) < 4.78 is 44.9. The van der Waals surface area contributed by atoms with Gasteiger partial charge in [-0.05, 0) is 43.9 Å². The standard InChI is InChI=1S/C25H24F3N5O4.ClH/c26-16-5-6-21(19(27)10-16)32-13-18(22(34)14-33(36)37)24(35)17-11-20(28)23(29-25(17)32)15-4-3-9-31(12-15)30-7-1-2-8-30;/h5-6,10-11,13,15H,1-4,7-9,12,14H2;1H. The Morgan fingerprint density at radius 2 is 1.76 bits per heavy atom. The van der Waals surface area contributed by atoms with Gasteiger partial charge in [0.15, 0.2) is 0 Å². The number of rotatable bonds is 6. The second-order valence-electron chi connectivity index (χ2n) is 9.39. The minimum absolute atomic E-state index is 0. The molecule has 5 rings (SSSR count). The summed E-state index contributed by atoms with van der Waals surface area (Å²) in [7, 11) is 0. The Morgan fingerprint density at radius 3 is 2.45 bits per heavy atom. The first-order valence-electron chi connectivity index (χ1n) is 12.1. The highest BCUT2D eigenvalue weighted by atomic mass is 35.5. The molecule has 2 aromatic heterocycles. The van der Waals surface area contributed by atoms with Crippen molar-refractivity contribution in [3.8, 4) is 5.69 Å². The van der Waals surface area contributed by atoms with Crippen LogP contribution in [0.2, 0.25) is 0 Å². The van der Waals surface area contributed by atoms with Gasteiger partial charge >= 0.3 is 0 Å². The molecule has 1 aromatic carbocycles. The molecule has 2 fully saturated rings. The van der Waals surface area contributed by atoms with Crippen LogP contribution in [0.1, 0.15) is 47.7 Å². The van der Waals surface area contributed by atoms with E-state index in [1.54, 1.807) is 0 Å². The minimum atomic E-state index is -1.17. The number of benzene rings is 1. The molecule has 13 heteroatoms. The van der Waals surface area contributed by atoms with Crippen LogP contribution in [-0.2, 0) is 0 Å². The van der Waals surface area contributed by atoms with Gasteiger partial charge in [0.05, 0.1) is 22.3 Å². The van der Waals surface area contributed by atoms with Crippen molar-refractivity contribution in [2.75, 3.05) is 32.7 Å². The summed E-state index contributed by atoms with van der Waals surface area (Å²) in [6.45, 7) is 2.08. The number of nitro groups is 1. The summed E-state index contributed by atoms with van der Waals surface area (Å²) >= 11 is 0. The first-order chi connectivity index (χ1) is 17.7. The molecule has 4 heterocycles. The summed E-state index contributed by atoms with van der Waals surface area (Å²) in [6, 6.07) is 3.66. The van der Waals surface area contributed by atoms with Gasteiger partial charge in [0.2, 0.25) is 11.2 Å². The average Bonchev–Trinajstić information content (AvgIpc) is 3.39. The third-order valence-corrected chi connectivity index (χ3v) is 6.97. The molecule has 202 valence electrons. The number of piperidine rings is 1. The smallest absolute Gasteiger partial charge is 0.266 e. The van der Waals surface area contributed by atoms with Crippen molar-refractivity contribution in [1.82, 2.24) is 19.6 Å². The molecule has 3 aromatic rings. The predicted molar refractivity (Wildman–Crippen MR) is 135 cm³/mol.